The van der Waals surface area contributed by atoms with E-state index in [2.05, 4.69) is 15.0 Å². The van der Waals surface area contributed by atoms with Crippen LogP contribution in [-0.2, 0) is 0 Å². The first-order chi connectivity index (χ1) is 7.49. The molecule has 1 aromatic heterocycles. The molecule has 0 aromatic carbocycles. The lowest BCUT2D eigenvalue weighted by molar-refractivity contribution is 0.118. The second-order valence-corrected chi connectivity index (χ2v) is 3.78. The summed E-state index contributed by atoms with van der Waals surface area (Å²) in [5.74, 6) is 0. The molecule has 2 heterocycles. The molecule has 0 spiro atoms. The molecule has 1 saturated heterocycles. The molecule has 0 saturated carbocycles. The molecular weight excluding hydrogens is 278 g/mol. The van der Waals surface area contributed by atoms with Crippen LogP contribution in [0.5, 0.6) is 0 Å². The Bertz CT molecular complexity index is 335. The van der Waals surface area contributed by atoms with Crippen LogP contribution >= 0.6 is 34.8 Å². The van der Waals surface area contributed by atoms with Crippen molar-refractivity contribution in [3.63, 3.8) is 0 Å². The van der Waals surface area contributed by atoms with E-state index in [9.17, 15) is 4.79 Å². The van der Waals surface area contributed by atoms with Gasteiger partial charge in [-0.3, -0.25) is 0 Å². The zero-order valence-corrected chi connectivity index (χ0v) is 10.2. The summed E-state index contributed by atoms with van der Waals surface area (Å²) in [6.45, 7) is 1.46. The third-order valence-electron chi connectivity index (χ3n) is 1.68. The van der Waals surface area contributed by atoms with Crippen molar-refractivity contribution >= 4 is 40.9 Å². The normalized spacial score (nSPS) is 13.6. The minimum absolute atomic E-state index is 0.000000000000000444. The predicted octanol–water partition coefficient (Wildman–Crippen LogP) is 2.20. The second kappa shape index (κ2) is 6.03. The summed E-state index contributed by atoms with van der Waals surface area (Å²) in [4.78, 5) is 21.7. The van der Waals surface area contributed by atoms with Crippen LogP contribution in [0.25, 0.3) is 0 Å². The number of amides is 1. The maximum Gasteiger partial charge on any atom is 0.407 e. The van der Waals surface area contributed by atoms with Gasteiger partial charge < -0.3 is 10.0 Å². The molecule has 2 rings (SSSR count). The molecule has 1 aliphatic heterocycles. The molecule has 9 heteroatoms. The highest BCUT2D eigenvalue weighted by Gasteiger charge is 2.17. The lowest BCUT2D eigenvalue weighted by Gasteiger charge is -2.27. The van der Waals surface area contributed by atoms with Gasteiger partial charge in [0.2, 0.25) is 15.9 Å². The third kappa shape index (κ3) is 4.34. The van der Waals surface area contributed by atoms with Gasteiger partial charge in [-0.1, -0.05) is 0 Å². The number of likely N-dealkylation sites (tertiary alicyclic amines) is 1. The first-order valence-electron chi connectivity index (χ1n) is 4.19. The van der Waals surface area contributed by atoms with Crippen LogP contribution < -0.4 is 0 Å². The maximum absolute atomic E-state index is 9.91. The molecule has 88 valence electrons. The minimum atomic E-state index is -0.786. The lowest BCUT2D eigenvalue weighted by atomic mass is 10.2. The number of aromatic nitrogens is 3. The Morgan fingerprint density at radius 1 is 1.06 bits per heavy atom. The standard InChI is InChI=1S/C4H7NO2.C3Cl3N3/c6-4(7)5-2-1-3-5;4-1-7-2(5)9-3(6)8-1/h1-3H2,(H,6,7);. The van der Waals surface area contributed by atoms with Crippen molar-refractivity contribution in [1.82, 2.24) is 19.9 Å². The fraction of sp³-hybridized carbons (Fsp3) is 0.429. The van der Waals surface area contributed by atoms with E-state index in [-0.39, 0.29) is 15.9 Å². The van der Waals surface area contributed by atoms with Gasteiger partial charge in [-0.2, -0.15) is 15.0 Å². The van der Waals surface area contributed by atoms with Gasteiger partial charge in [0.1, 0.15) is 0 Å². The van der Waals surface area contributed by atoms with Gasteiger partial charge in [-0.05, 0) is 41.2 Å². The molecule has 1 fully saturated rings. The summed E-state index contributed by atoms with van der Waals surface area (Å²) >= 11 is 16.0. The molecule has 0 radical (unpaired) electrons. The first kappa shape index (κ1) is 13.2. The number of nitrogens with zero attached hydrogens (tertiary/aromatic N) is 4. The lowest BCUT2D eigenvalue weighted by Crippen LogP contribution is -2.40. The van der Waals surface area contributed by atoms with Crippen molar-refractivity contribution in [3.05, 3.63) is 15.9 Å². The van der Waals surface area contributed by atoms with Crippen molar-refractivity contribution in [2.45, 2.75) is 6.42 Å². The Morgan fingerprint density at radius 3 is 1.56 bits per heavy atom. The summed E-state index contributed by atoms with van der Waals surface area (Å²) in [7, 11) is 0. The van der Waals surface area contributed by atoms with Crippen molar-refractivity contribution in [1.29, 1.82) is 0 Å². The van der Waals surface area contributed by atoms with E-state index in [4.69, 9.17) is 39.9 Å². The molecule has 1 aromatic rings. The number of hydrogen-bond donors (Lipinski definition) is 1. The fourth-order valence-electron chi connectivity index (χ4n) is 0.811. The Balaban J connectivity index is 0.000000165. The SMILES string of the molecule is Clc1nc(Cl)nc(Cl)n1.O=C(O)N1CCC1. The highest BCUT2D eigenvalue weighted by atomic mass is 35.5. The van der Waals surface area contributed by atoms with Crippen LogP contribution in [0.4, 0.5) is 4.79 Å². The molecular formula is C7H7Cl3N4O2. The van der Waals surface area contributed by atoms with Gasteiger partial charge in [0.05, 0.1) is 0 Å². The monoisotopic (exact) mass is 284 g/mol. The highest BCUT2D eigenvalue weighted by molar-refractivity contribution is 6.33. The second-order valence-electron chi connectivity index (χ2n) is 2.77. The van der Waals surface area contributed by atoms with Crippen molar-refractivity contribution in [3.8, 4) is 0 Å². The molecule has 1 aliphatic rings. The number of hydrogen-bond acceptors (Lipinski definition) is 4. The van der Waals surface area contributed by atoms with E-state index in [1.165, 1.54) is 4.90 Å². The number of rotatable bonds is 0. The zero-order chi connectivity index (χ0) is 12.1. The van der Waals surface area contributed by atoms with Crippen molar-refractivity contribution < 1.29 is 9.90 Å². The van der Waals surface area contributed by atoms with Crippen LogP contribution in [0.15, 0.2) is 0 Å². The minimum Gasteiger partial charge on any atom is -0.465 e. The number of halogens is 3. The van der Waals surface area contributed by atoms with Crippen molar-refractivity contribution in [2.24, 2.45) is 0 Å². The Morgan fingerprint density at radius 2 is 1.44 bits per heavy atom. The van der Waals surface area contributed by atoms with Gasteiger partial charge in [0, 0.05) is 13.1 Å². The Labute approximate surface area is 106 Å². The third-order valence-corrected chi connectivity index (χ3v) is 2.19. The maximum atomic E-state index is 9.91. The van der Waals surface area contributed by atoms with Crippen LogP contribution in [-0.4, -0.2) is 44.1 Å². The van der Waals surface area contributed by atoms with Crippen LogP contribution in [0, 0.1) is 0 Å². The average Bonchev–Trinajstić information content (AvgIpc) is 1.96. The molecule has 16 heavy (non-hydrogen) atoms. The van der Waals surface area contributed by atoms with Gasteiger partial charge in [-0.15, -0.1) is 0 Å². The fourth-order valence-corrected chi connectivity index (χ4v) is 1.42. The molecule has 1 amide bonds. The topological polar surface area (TPSA) is 79.2 Å². The predicted molar refractivity (Wildman–Crippen MR) is 59.1 cm³/mol. The molecule has 0 aliphatic carbocycles. The molecule has 1 N–H and O–H groups in total. The molecule has 0 atom stereocenters. The summed E-state index contributed by atoms with van der Waals surface area (Å²) in [6.07, 6.45) is 0.248. The highest BCUT2D eigenvalue weighted by Crippen LogP contribution is 2.08. The quantitative estimate of drug-likeness (QED) is 0.790. The largest absolute Gasteiger partial charge is 0.465 e. The van der Waals surface area contributed by atoms with E-state index in [0.29, 0.717) is 0 Å². The van der Waals surface area contributed by atoms with Crippen LogP contribution in [0.3, 0.4) is 0 Å². The van der Waals surface area contributed by atoms with E-state index < -0.39 is 6.09 Å². The molecule has 6 nitrogen and oxygen atoms in total. The molecule has 0 bridgehead atoms. The van der Waals surface area contributed by atoms with Gasteiger partial charge in [-0.25, -0.2) is 4.79 Å². The van der Waals surface area contributed by atoms with E-state index in [1.54, 1.807) is 0 Å². The molecule has 0 unspecified atom stereocenters. The van der Waals surface area contributed by atoms with Crippen LogP contribution in [0.2, 0.25) is 15.9 Å². The van der Waals surface area contributed by atoms with Crippen molar-refractivity contribution in [2.75, 3.05) is 13.1 Å². The van der Waals surface area contributed by atoms with E-state index >= 15 is 0 Å². The summed E-state index contributed by atoms with van der Waals surface area (Å²) in [5, 5.41) is 8.16. The van der Waals surface area contributed by atoms with E-state index in [1.807, 2.05) is 0 Å². The zero-order valence-electron chi connectivity index (χ0n) is 7.90. The number of carboxylic acid groups (broad SMARTS) is 1. The Hall–Kier alpha value is -0.850. The average molecular weight is 286 g/mol. The summed E-state index contributed by atoms with van der Waals surface area (Å²) < 4.78 is 0. The van der Waals surface area contributed by atoms with Gasteiger partial charge in [0.15, 0.2) is 0 Å². The smallest absolute Gasteiger partial charge is 0.407 e. The summed E-state index contributed by atoms with van der Waals surface area (Å²) in [5.41, 5.74) is 0. The first-order valence-corrected chi connectivity index (χ1v) is 5.33. The summed E-state index contributed by atoms with van der Waals surface area (Å²) in [6, 6.07) is 0. The van der Waals surface area contributed by atoms with Gasteiger partial charge >= 0.3 is 6.09 Å². The Kier molecular flexibility index (Phi) is 4.98. The van der Waals surface area contributed by atoms with Crippen LogP contribution in [0.1, 0.15) is 6.42 Å². The number of carbonyl (C=O) groups is 1. The van der Waals surface area contributed by atoms with E-state index in [0.717, 1.165) is 19.5 Å². The van der Waals surface area contributed by atoms with Gasteiger partial charge in [0.25, 0.3) is 0 Å².